The maximum atomic E-state index is 12.4. The number of sulfonamides is 1. The molecule has 1 aromatic heterocycles. The van der Waals surface area contributed by atoms with Crippen LogP contribution in [0.1, 0.15) is 15.9 Å². The van der Waals surface area contributed by atoms with Gasteiger partial charge in [-0.05, 0) is 48.9 Å². The van der Waals surface area contributed by atoms with Gasteiger partial charge >= 0.3 is 0 Å². The number of nitrogens with one attached hydrogen (secondary N) is 2. The van der Waals surface area contributed by atoms with Crippen LogP contribution in [0, 0.1) is 6.92 Å². The van der Waals surface area contributed by atoms with Crippen molar-refractivity contribution >= 4 is 27.4 Å². The lowest BCUT2D eigenvalue weighted by Crippen LogP contribution is -2.16. The van der Waals surface area contributed by atoms with E-state index in [1.807, 2.05) is 13.0 Å². The van der Waals surface area contributed by atoms with Crippen molar-refractivity contribution in [2.75, 3.05) is 10.0 Å². The molecule has 1 heterocycles. The fourth-order valence-corrected chi connectivity index (χ4v) is 3.40. The molecule has 0 spiro atoms. The van der Waals surface area contributed by atoms with Crippen molar-refractivity contribution in [2.24, 2.45) is 0 Å². The van der Waals surface area contributed by atoms with Crippen LogP contribution >= 0.6 is 0 Å². The van der Waals surface area contributed by atoms with E-state index in [4.69, 9.17) is 0 Å². The Morgan fingerprint density at radius 2 is 1.73 bits per heavy atom. The number of anilines is 2. The summed E-state index contributed by atoms with van der Waals surface area (Å²) in [6.45, 7) is 1.84. The van der Waals surface area contributed by atoms with Gasteiger partial charge in [0.15, 0.2) is 0 Å². The summed E-state index contributed by atoms with van der Waals surface area (Å²) in [5.74, 6) is 0.0975. The van der Waals surface area contributed by atoms with E-state index in [1.54, 1.807) is 48.7 Å². The first-order valence-electron chi connectivity index (χ1n) is 7.86. The smallest absolute Gasteiger partial charge is 0.261 e. The molecule has 0 radical (unpaired) electrons. The highest BCUT2D eigenvalue weighted by Gasteiger charge is 2.15. The van der Waals surface area contributed by atoms with Crippen molar-refractivity contribution in [1.82, 2.24) is 4.98 Å². The number of rotatable bonds is 5. The molecule has 0 unspecified atom stereocenters. The number of pyridine rings is 1. The summed E-state index contributed by atoms with van der Waals surface area (Å²) in [5.41, 5.74) is 1.46. The van der Waals surface area contributed by atoms with Gasteiger partial charge in [-0.25, -0.2) is 13.4 Å². The first-order chi connectivity index (χ1) is 12.5. The second kappa shape index (κ2) is 7.37. The molecular formula is C19H17N3O3S. The molecule has 0 fully saturated rings. The van der Waals surface area contributed by atoms with Crippen LogP contribution in [-0.4, -0.2) is 19.3 Å². The maximum absolute atomic E-state index is 12.4. The predicted octanol–water partition coefficient (Wildman–Crippen LogP) is 3.44. The fraction of sp³-hybridized carbons (Fsp3) is 0.0526. The summed E-state index contributed by atoms with van der Waals surface area (Å²) in [6.07, 6.45) is 1.59. The number of carbonyl (C=O) groups is 1. The number of nitrogens with zero attached hydrogens (tertiary/aromatic N) is 1. The number of amides is 1. The van der Waals surface area contributed by atoms with E-state index in [-0.39, 0.29) is 10.8 Å². The van der Waals surface area contributed by atoms with Gasteiger partial charge in [-0.2, -0.15) is 0 Å². The van der Waals surface area contributed by atoms with Gasteiger partial charge in [0.1, 0.15) is 5.82 Å². The second-order valence-corrected chi connectivity index (χ2v) is 7.30. The van der Waals surface area contributed by atoms with Crippen LogP contribution in [0.4, 0.5) is 11.5 Å². The standard InChI is InChI=1S/C19H17N3O3S/c1-14-7-6-12-20-18(14)21-19(23)15-8-5-9-16(13-15)22-26(24,25)17-10-3-2-4-11-17/h2-13,22H,1H3,(H,20,21,23). The largest absolute Gasteiger partial charge is 0.306 e. The molecule has 132 valence electrons. The van der Waals surface area contributed by atoms with E-state index in [0.717, 1.165) is 5.56 Å². The van der Waals surface area contributed by atoms with Crippen LogP contribution in [0.2, 0.25) is 0 Å². The Bertz CT molecular complexity index is 1030. The Balaban J connectivity index is 1.80. The molecule has 2 N–H and O–H groups in total. The third-order valence-electron chi connectivity index (χ3n) is 3.67. The van der Waals surface area contributed by atoms with Gasteiger partial charge in [0.2, 0.25) is 0 Å². The van der Waals surface area contributed by atoms with Gasteiger partial charge in [0.25, 0.3) is 15.9 Å². The molecule has 1 amide bonds. The Morgan fingerprint density at radius 1 is 0.962 bits per heavy atom. The molecule has 7 heteroatoms. The Kier molecular flexibility index (Phi) is 4.99. The lowest BCUT2D eigenvalue weighted by Gasteiger charge is -2.10. The van der Waals surface area contributed by atoms with Crippen molar-refractivity contribution in [3.05, 3.63) is 84.1 Å². The van der Waals surface area contributed by atoms with Gasteiger partial charge in [0, 0.05) is 17.4 Å². The molecule has 3 rings (SSSR count). The Hall–Kier alpha value is -3.19. The van der Waals surface area contributed by atoms with Crippen molar-refractivity contribution in [3.8, 4) is 0 Å². The molecule has 6 nitrogen and oxygen atoms in total. The van der Waals surface area contributed by atoms with E-state index in [1.165, 1.54) is 18.2 Å². The van der Waals surface area contributed by atoms with E-state index >= 15 is 0 Å². The van der Waals surface area contributed by atoms with Crippen molar-refractivity contribution < 1.29 is 13.2 Å². The Labute approximate surface area is 152 Å². The zero-order valence-corrected chi connectivity index (χ0v) is 14.8. The van der Waals surface area contributed by atoms with Crippen LogP contribution < -0.4 is 10.0 Å². The van der Waals surface area contributed by atoms with Crippen LogP contribution in [-0.2, 0) is 10.0 Å². The zero-order chi connectivity index (χ0) is 18.6. The Morgan fingerprint density at radius 3 is 2.46 bits per heavy atom. The summed E-state index contributed by atoms with van der Waals surface area (Å²) in [5, 5.41) is 2.72. The molecular weight excluding hydrogens is 350 g/mol. The molecule has 0 aliphatic rings. The second-order valence-electron chi connectivity index (χ2n) is 5.62. The number of benzene rings is 2. The highest BCUT2D eigenvalue weighted by atomic mass is 32.2. The molecule has 0 atom stereocenters. The molecule has 26 heavy (non-hydrogen) atoms. The van der Waals surface area contributed by atoms with E-state index < -0.39 is 10.0 Å². The number of carbonyl (C=O) groups excluding carboxylic acids is 1. The van der Waals surface area contributed by atoms with Gasteiger partial charge in [0.05, 0.1) is 4.90 Å². The van der Waals surface area contributed by atoms with Gasteiger partial charge in [-0.3, -0.25) is 9.52 Å². The number of hydrogen-bond donors (Lipinski definition) is 2. The lowest BCUT2D eigenvalue weighted by atomic mass is 10.2. The van der Waals surface area contributed by atoms with Crippen LogP contribution in [0.5, 0.6) is 0 Å². The average Bonchev–Trinajstić information content (AvgIpc) is 2.64. The van der Waals surface area contributed by atoms with E-state index in [0.29, 0.717) is 17.1 Å². The third kappa shape index (κ3) is 4.07. The summed E-state index contributed by atoms with van der Waals surface area (Å²) >= 11 is 0. The maximum Gasteiger partial charge on any atom is 0.261 e. The quantitative estimate of drug-likeness (QED) is 0.723. The minimum Gasteiger partial charge on any atom is -0.306 e. The topological polar surface area (TPSA) is 88.2 Å². The predicted molar refractivity (Wildman–Crippen MR) is 101 cm³/mol. The SMILES string of the molecule is Cc1cccnc1NC(=O)c1cccc(NS(=O)(=O)c2ccccc2)c1. The van der Waals surface area contributed by atoms with Crippen molar-refractivity contribution in [3.63, 3.8) is 0 Å². The third-order valence-corrected chi connectivity index (χ3v) is 5.07. The van der Waals surface area contributed by atoms with Crippen LogP contribution in [0.15, 0.2) is 77.8 Å². The average molecular weight is 367 g/mol. The molecule has 0 bridgehead atoms. The van der Waals surface area contributed by atoms with E-state index in [9.17, 15) is 13.2 Å². The lowest BCUT2D eigenvalue weighted by molar-refractivity contribution is 0.102. The van der Waals surface area contributed by atoms with Crippen molar-refractivity contribution in [1.29, 1.82) is 0 Å². The zero-order valence-electron chi connectivity index (χ0n) is 14.0. The van der Waals surface area contributed by atoms with Gasteiger partial charge in [-0.1, -0.05) is 30.3 Å². The molecule has 0 saturated heterocycles. The number of aromatic nitrogens is 1. The summed E-state index contributed by atoms with van der Waals surface area (Å²) in [4.78, 5) is 16.7. The molecule has 0 aliphatic carbocycles. The number of aryl methyl sites for hydroxylation is 1. The normalized spacial score (nSPS) is 11.0. The monoisotopic (exact) mass is 367 g/mol. The highest BCUT2D eigenvalue weighted by Crippen LogP contribution is 2.18. The first kappa shape index (κ1) is 17.6. The summed E-state index contributed by atoms with van der Waals surface area (Å²) in [7, 11) is -3.72. The molecule has 0 aliphatic heterocycles. The van der Waals surface area contributed by atoms with Gasteiger partial charge in [-0.15, -0.1) is 0 Å². The summed E-state index contributed by atoms with van der Waals surface area (Å²) in [6, 6.07) is 17.9. The minimum absolute atomic E-state index is 0.152. The molecule has 0 saturated carbocycles. The van der Waals surface area contributed by atoms with Crippen molar-refractivity contribution in [2.45, 2.75) is 11.8 Å². The van der Waals surface area contributed by atoms with Gasteiger partial charge < -0.3 is 5.32 Å². The van der Waals surface area contributed by atoms with E-state index in [2.05, 4.69) is 15.0 Å². The fourth-order valence-electron chi connectivity index (χ4n) is 2.33. The van der Waals surface area contributed by atoms with Crippen LogP contribution in [0.3, 0.4) is 0 Å². The summed E-state index contributed by atoms with van der Waals surface area (Å²) < 4.78 is 27.3. The minimum atomic E-state index is -3.72. The number of hydrogen-bond acceptors (Lipinski definition) is 4. The first-order valence-corrected chi connectivity index (χ1v) is 9.35. The highest BCUT2D eigenvalue weighted by molar-refractivity contribution is 7.92. The van der Waals surface area contributed by atoms with Crippen LogP contribution in [0.25, 0.3) is 0 Å². The molecule has 2 aromatic carbocycles. The molecule has 3 aromatic rings.